The van der Waals surface area contributed by atoms with Crippen molar-refractivity contribution in [2.45, 2.75) is 50.9 Å². The number of benzene rings is 2. The summed E-state index contributed by atoms with van der Waals surface area (Å²) < 4.78 is 4.23. The first kappa shape index (κ1) is 24.3. The molecule has 6 aliphatic carbocycles. The zero-order valence-corrected chi connectivity index (χ0v) is 24.1. The van der Waals surface area contributed by atoms with Gasteiger partial charge in [0, 0.05) is 0 Å². The molecule has 0 radical (unpaired) electrons. The second-order valence-corrected chi connectivity index (χ2v) is 13.3. The number of rotatable bonds is 2. The van der Waals surface area contributed by atoms with Gasteiger partial charge in [0.15, 0.2) is 0 Å². The molecule has 4 fully saturated rings. The first-order chi connectivity index (χ1) is 16.1. The van der Waals surface area contributed by atoms with Crippen molar-refractivity contribution in [3.05, 3.63) is 80.2 Å². The molecule has 177 valence electrons. The number of nitrogens with zero attached hydrogens (tertiary/aromatic N) is 1. The van der Waals surface area contributed by atoms with Gasteiger partial charge in [-0.05, 0) is 0 Å². The van der Waals surface area contributed by atoms with Crippen molar-refractivity contribution in [3.63, 3.8) is 0 Å². The summed E-state index contributed by atoms with van der Waals surface area (Å²) in [5.74, 6) is 3.40. The third-order valence-corrected chi connectivity index (χ3v) is 11.1. The molecule has 3 aromatic rings. The van der Waals surface area contributed by atoms with E-state index in [9.17, 15) is 0 Å². The number of allylic oxidation sites excluding steroid dienone is 4. The minimum atomic E-state index is 0. The van der Waals surface area contributed by atoms with Crippen molar-refractivity contribution in [2.24, 2.45) is 30.2 Å². The Hall–Kier alpha value is -1.08. The van der Waals surface area contributed by atoms with Crippen molar-refractivity contribution >= 4 is 10.9 Å². The fourth-order valence-corrected chi connectivity index (χ4v) is 10.6. The Morgan fingerprint density at radius 2 is 1.49 bits per heavy atom. The predicted molar refractivity (Wildman–Crippen MR) is 131 cm³/mol. The molecule has 1 atom stereocenters. The van der Waals surface area contributed by atoms with Gasteiger partial charge in [0.25, 0.3) is 0 Å². The fraction of sp³-hybridized carbons (Fsp3) is 0.419. The van der Waals surface area contributed by atoms with Gasteiger partial charge in [-0.1, -0.05) is 0 Å². The summed E-state index contributed by atoms with van der Waals surface area (Å²) in [5, 5.41) is 1.46. The molecule has 2 aromatic carbocycles. The summed E-state index contributed by atoms with van der Waals surface area (Å²) >= 11 is 1.65. The van der Waals surface area contributed by atoms with E-state index in [4.69, 9.17) is 0 Å². The molecule has 0 spiro atoms. The van der Waals surface area contributed by atoms with Crippen LogP contribution in [-0.4, -0.2) is 4.57 Å². The van der Waals surface area contributed by atoms with E-state index in [1.54, 1.807) is 44.7 Å². The van der Waals surface area contributed by atoms with Crippen LogP contribution in [0.25, 0.3) is 22.2 Å². The quantitative estimate of drug-likeness (QED) is 0.436. The molecule has 0 amide bonds. The Morgan fingerprint density at radius 3 is 2.20 bits per heavy atom. The number of halogens is 2. The molecular weight excluding hydrogens is 548 g/mol. The number of aryl methyl sites for hydroxylation is 1. The number of hydrogen-bond donors (Lipinski definition) is 0. The third-order valence-electron chi connectivity index (χ3n) is 9.96. The Balaban J connectivity index is 0.00000114. The van der Waals surface area contributed by atoms with Crippen LogP contribution < -0.4 is 24.8 Å². The Morgan fingerprint density at radius 1 is 0.857 bits per heavy atom. The fourth-order valence-electron chi connectivity index (χ4n) is 9.38. The standard InChI is InChI=1S/C31H30N.2ClH.Zr/c1-32-27-12-5-4-9-25(27)29-28(22-7-2-3-8-23(22)30(29)32)24-10-6-11-26(24)31-16-19-13-20(17-31)15-21(14-19)18-31;;;/h2-5,7-10,12,19-21,28H,6,13-18H2,1H3;2*1H;/q;;;+2/p-2. The molecule has 6 aliphatic rings. The monoisotopic (exact) mass is 576 g/mol. The second kappa shape index (κ2) is 8.47. The molecule has 35 heavy (non-hydrogen) atoms. The Bertz CT molecular complexity index is 1380. The van der Waals surface area contributed by atoms with Crippen LogP contribution in [0.4, 0.5) is 0 Å². The van der Waals surface area contributed by atoms with Crippen LogP contribution in [0.15, 0.2) is 69.0 Å². The van der Waals surface area contributed by atoms with Crippen LogP contribution in [0.3, 0.4) is 0 Å². The Labute approximate surface area is 236 Å². The number of para-hydroxylation sites is 1. The molecule has 1 unspecified atom stereocenters. The molecule has 1 aromatic heterocycles. The smallest absolute Gasteiger partial charge is 1.00 e. The Kier molecular flexibility index (Phi) is 5.88. The average molecular weight is 579 g/mol. The molecule has 0 N–H and O–H groups in total. The molecule has 4 heteroatoms. The number of aromatic nitrogens is 1. The minimum absolute atomic E-state index is 0. The van der Waals surface area contributed by atoms with Crippen molar-refractivity contribution in [3.8, 4) is 11.3 Å². The van der Waals surface area contributed by atoms with Crippen LogP contribution in [0.2, 0.25) is 0 Å². The average Bonchev–Trinajstić information content (AvgIpc) is 3.44. The van der Waals surface area contributed by atoms with Crippen LogP contribution in [-0.2, 0) is 31.8 Å². The minimum Gasteiger partial charge on any atom is -1.00 e. The second-order valence-electron chi connectivity index (χ2n) is 11.8. The molecule has 4 saturated carbocycles. The van der Waals surface area contributed by atoms with Gasteiger partial charge in [-0.15, -0.1) is 0 Å². The van der Waals surface area contributed by atoms with Crippen molar-refractivity contribution in [1.82, 2.24) is 4.57 Å². The van der Waals surface area contributed by atoms with E-state index in [1.807, 2.05) is 5.57 Å². The van der Waals surface area contributed by atoms with Gasteiger partial charge in [-0.25, -0.2) is 0 Å². The van der Waals surface area contributed by atoms with Gasteiger partial charge < -0.3 is 24.8 Å². The van der Waals surface area contributed by atoms with Crippen LogP contribution in [0.1, 0.15) is 62.0 Å². The van der Waals surface area contributed by atoms with Crippen LogP contribution in [0, 0.1) is 23.2 Å². The van der Waals surface area contributed by atoms with Gasteiger partial charge >= 0.3 is 213 Å². The zero-order chi connectivity index (χ0) is 21.9. The summed E-state index contributed by atoms with van der Waals surface area (Å²) in [5.41, 5.74) is 11.4. The summed E-state index contributed by atoms with van der Waals surface area (Å²) in [4.78, 5) is 0. The normalized spacial score (nSPS) is 31.8. The largest absolute Gasteiger partial charge is 1.00 e. The first-order valence-corrected chi connectivity index (χ1v) is 14.2. The molecule has 1 nitrogen and oxygen atoms in total. The van der Waals surface area contributed by atoms with E-state index in [0.717, 1.165) is 17.8 Å². The summed E-state index contributed by atoms with van der Waals surface area (Å²) in [6, 6.07) is 18.4. The van der Waals surface area contributed by atoms with Gasteiger partial charge in [-0.3, -0.25) is 0 Å². The maximum Gasteiger partial charge on any atom is -1.00 e. The van der Waals surface area contributed by atoms with Crippen LogP contribution in [0.5, 0.6) is 0 Å². The molecule has 9 rings (SSSR count). The van der Waals surface area contributed by atoms with Gasteiger partial charge in [-0.2, -0.15) is 0 Å². The number of hydrogen-bond acceptors (Lipinski definition) is 0. The van der Waals surface area contributed by atoms with E-state index in [1.165, 1.54) is 67.1 Å². The maximum absolute atomic E-state index is 2.66. The zero-order valence-electron chi connectivity index (χ0n) is 20.2. The number of fused-ring (bicyclic) bond motifs is 5. The summed E-state index contributed by atoms with van der Waals surface area (Å²) in [6.45, 7) is 0. The summed E-state index contributed by atoms with van der Waals surface area (Å²) in [6.07, 6.45) is 12.9. The van der Waals surface area contributed by atoms with Gasteiger partial charge in [0.05, 0.1) is 0 Å². The SMILES string of the molecule is Cn1c2c(c3ccccc31)C(C1=CC[C]([Zr+2])=C1C13CC4CC(CC(C4)C1)C3)c1ccccc1-2.[Cl-].[Cl-]. The molecule has 0 saturated heterocycles. The van der Waals surface area contributed by atoms with E-state index in [2.05, 4.69) is 66.2 Å². The first-order valence-electron chi connectivity index (χ1n) is 13.0. The van der Waals surface area contributed by atoms with Crippen molar-refractivity contribution in [2.75, 3.05) is 0 Å². The molecular formula is C31H30Cl2NZr. The van der Waals surface area contributed by atoms with Crippen molar-refractivity contribution < 1.29 is 49.5 Å². The van der Waals surface area contributed by atoms with Crippen LogP contribution >= 0.6 is 0 Å². The third kappa shape index (κ3) is 3.22. The topological polar surface area (TPSA) is 4.93 Å². The van der Waals surface area contributed by atoms with E-state index in [-0.39, 0.29) is 24.8 Å². The molecule has 0 aliphatic heterocycles. The molecule has 4 bridgehead atoms. The predicted octanol–water partition coefficient (Wildman–Crippen LogP) is 1.65. The van der Waals surface area contributed by atoms with E-state index < -0.39 is 0 Å². The van der Waals surface area contributed by atoms with Gasteiger partial charge in [0.2, 0.25) is 0 Å². The maximum atomic E-state index is 2.66. The van der Waals surface area contributed by atoms with Crippen molar-refractivity contribution in [1.29, 1.82) is 0 Å². The van der Waals surface area contributed by atoms with E-state index >= 15 is 0 Å². The van der Waals surface area contributed by atoms with E-state index in [0.29, 0.717) is 11.3 Å². The van der Waals surface area contributed by atoms with Gasteiger partial charge in [0.1, 0.15) is 0 Å². The molecule has 1 heterocycles. The summed E-state index contributed by atoms with van der Waals surface area (Å²) in [7, 11) is 2.27.